The van der Waals surface area contributed by atoms with E-state index in [0.29, 0.717) is 23.4 Å². The van der Waals surface area contributed by atoms with Crippen molar-refractivity contribution in [1.82, 2.24) is 19.7 Å². The zero-order valence-electron chi connectivity index (χ0n) is 14.9. The maximum Gasteiger partial charge on any atom is 0.233 e. The molecule has 7 heteroatoms. The molecule has 26 heavy (non-hydrogen) atoms. The smallest absolute Gasteiger partial charge is 0.233 e. The van der Waals surface area contributed by atoms with Gasteiger partial charge in [0.15, 0.2) is 11.0 Å². The molecular formula is C19H23ClN4OS. The molecule has 1 aromatic carbocycles. The summed E-state index contributed by atoms with van der Waals surface area (Å²) in [6.07, 6.45) is 5.19. The molecule has 0 bridgehead atoms. The molecule has 1 aromatic heterocycles. The van der Waals surface area contributed by atoms with Crippen LogP contribution in [0.5, 0.6) is 0 Å². The Morgan fingerprint density at radius 1 is 1.35 bits per heavy atom. The summed E-state index contributed by atoms with van der Waals surface area (Å²) >= 11 is 7.40. The van der Waals surface area contributed by atoms with E-state index < -0.39 is 0 Å². The van der Waals surface area contributed by atoms with E-state index in [1.54, 1.807) is 6.08 Å². The van der Waals surface area contributed by atoms with E-state index in [4.69, 9.17) is 11.6 Å². The van der Waals surface area contributed by atoms with Gasteiger partial charge in [-0.2, -0.15) is 0 Å². The fraction of sp³-hybridized carbons (Fsp3) is 0.421. The number of thioether (sulfide) groups is 1. The van der Waals surface area contributed by atoms with Gasteiger partial charge in [-0.25, -0.2) is 0 Å². The van der Waals surface area contributed by atoms with Crippen LogP contribution in [0.25, 0.3) is 11.4 Å². The highest BCUT2D eigenvalue weighted by Crippen LogP contribution is 2.26. The molecule has 1 atom stereocenters. The molecule has 2 heterocycles. The van der Waals surface area contributed by atoms with Gasteiger partial charge in [-0.3, -0.25) is 9.36 Å². The molecule has 0 radical (unpaired) electrons. The van der Waals surface area contributed by atoms with Gasteiger partial charge in [0.25, 0.3) is 0 Å². The zero-order valence-corrected chi connectivity index (χ0v) is 16.5. The van der Waals surface area contributed by atoms with Gasteiger partial charge in [-0.15, -0.1) is 16.8 Å². The van der Waals surface area contributed by atoms with Crippen LogP contribution in [0.1, 0.15) is 26.2 Å². The molecule has 0 N–H and O–H groups in total. The van der Waals surface area contributed by atoms with Crippen molar-refractivity contribution in [3.8, 4) is 11.4 Å². The molecule has 0 aliphatic carbocycles. The predicted molar refractivity (Wildman–Crippen MR) is 106 cm³/mol. The van der Waals surface area contributed by atoms with Crippen LogP contribution < -0.4 is 0 Å². The number of carbonyl (C=O) groups excluding carboxylic acids is 1. The molecule has 0 saturated carbocycles. The van der Waals surface area contributed by atoms with Crippen LogP contribution in [0.15, 0.2) is 42.1 Å². The first-order chi connectivity index (χ1) is 12.6. The Balaban J connectivity index is 1.74. The van der Waals surface area contributed by atoms with Gasteiger partial charge < -0.3 is 4.90 Å². The highest BCUT2D eigenvalue weighted by atomic mass is 35.5. The number of amides is 1. The maximum absolute atomic E-state index is 12.6. The van der Waals surface area contributed by atoms with E-state index in [1.807, 2.05) is 33.7 Å². The number of piperidine rings is 1. The first-order valence-electron chi connectivity index (χ1n) is 8.82. The number of rotatable bonds is 6. The quantitative estimate of drug-likeness (QED) is 0.545. The average molecular weight is 391 g/mol. The summed E-state index contributed by atoms with van der Waals surface area (Å²) < 4.78 is 1.98. The molecule has 5 nitrogen and oxygen atoms in total. The molecule has 1 unspecified atom stereocenters. The molecule has 0 spiro atoms. The lowest BCUT2D eigenvalue weighted by Crippen LogP contribution is -2.43. The van der Waals surface area contributed by atoms with Crippen LogP contribution in [0.2, 0.25) is 5.02 Å². The third kappa shape index (κ3) is 4.30. The number of hydrogen-bond donors (Lipinski definition) is 0. The summed E-state index contributed by atoms with van der Waals surface area (Å²) in [5.74, 6) is 1.30. The number of halogens is 1. The molecule has 1 aliphatic rings. The molecule has 1 fully saturated rings. The molecule has 3 rings (SSSR count). The largest absolute Gasteiger partial charge is 0.339 e. The number of carbonyl (C=O) groups is 1. The summed E-state index contributed by atoms with van der Waals surface area (Å²) in [6, 6.07) is 7.82. The molecule has 1 aliphatic heterocycles. The SMILES string of the molecule is C=CCn1c(SCC(=O)N2CCCCC2C)nnc1-c1ccc(Cl)cc1. The minimum absolute atomic E-state index is 0.170. The second-order valence-corrected chi connectivity index (χ2v) is 7.81. The standard InChI is InChI=1S/C19H23ClN4OS/c1-3-11-24-18(15-7-9-16(20)10-8-15)21-22-19(24)26-13-17(25)23-12-5-4-6-14(23)2/h3,7-10,14H,1,4-6,11-13H2,2H3. The topological polar surface area (TPSA) is 51.0 Å². The lowest BCUT2D eigenvalue weighted by molar-refractivity contribution is -0.131. The van der Waals surface area contributed by atoms with Crippen LogP contribution in [0, 0.1) is 0 Å². The van der Waals surface area contributed by atoms with Crippen LogP contribution in [-0.2, 0) is 11.3 Å². The monoisotopic (exact) mass is 390 g/mol. The first kappa shape index (κ1) is 19.0. The normalized spacial score (nSPS) is 17.3. The number of likely N-dealkylation sites (tertiary alicyclic amines) is 1. The third-order valence-electron chi connectivity index (χ3n) is 4.58. The minimum Gasteiger partial charge on any atom is -0.339 e. The Morgan fingerprint density at radius 3 is 2.81 bits per heavy atom. The predicted octanol–water partition coefficient (Wildman–Crippen LogP) is 4.28. The van der Waals surface area contributed by atoms with Crippen molar-refractivity contribution in [3.63, 3.8) is 0 Å². The number of allylic oxidation sites excluding steroid dienone is 1. The second kappa shape index (κ2) is 8.73. The van der Waals surface area contributed by atoms with Gasteiger partial charge in [0, 0.05) is 29.7 Å². The van der Waals surface area contributed by atoms with Crippen molar-refractivity contribution < 1.29 is 4.79 Å². The maximum atomic E-state index is 12.6. The van der Waals surface area contributed by atoms with Gasteiger partial charge in [-0.05, 0) is 50.5 Å². The van der Waals surface area contributed by atoms with Gasteiger partial charge in [-0.1, -0.05) is 29.4 Å². The zero-order chi connectivity index (χ0) is 18.5. The Morgan fingerprint density at radius 2 is 2.12 bits per heavy atom. The summed E-state index contributed by atoms with van der Waals surface area (Å²) in [4.78, 5) is 14.6. The summed E-state index contributed by atoms with van der Waals surface area (Å²) in [5.41, 5.74) is 0.937. The Kier molecular flexibility index (Phi) is 6.38. The summed E-state index contributed by atoms with van der Waals surface area (Å²) in [6.45, 7) is 7.39. The lowest BCUT2D eigenvalue weighted by Gasteiger charge is -2.33. The number of benzene rings is 1. The van der Waals surface area contributed by atoms with E-state index in [0.717, 1.165) is 35.9 Å². The first-order valence-corrected chi connectivity index (χ1v) is 10.2. The summed E-state index contributed by atoms with van der Waals surface area (Å²) in [5, 5.41) is 10.0. The second-order valence-electron chi connectivity index (χ2n) is 6.43. The average Bonchev–Trinajstić information content (AvgIpc) is 3.04. The number of hydrogen-bond acceptors (Lipinski definition) is 4. The summed E-state index contributed by atoms with van der Waals surface area (Å²) in [7, 11) is 0. The molecule has 1 saturated heterocycles. The van der Waals surface area contributed by atoms with Crippen molar-refractivity contribution in [1.29, 1.82) is 0 Å². The Labute approximate surface area is 163 Å². The molecular weight excluding hydrogens is 368 g/mol. The molecule has 138 valence electrons. The van der Waals surface area contributed by atoms with E-state index in [-0.39, 0.29) is 5.91 Å². The number of nitrogens with zero attached hydrogens (tertiary/aromatic N) is 4. The Bertz CT molecular complexity index is 774. The lowest BCUT2D eigenvalue weighted by atomic mass is 10.0. The van der Waals surface area contributed by atoms with E-state index in [2.05, 4.69) is 23.7 Å². The van der Waals surface area contributed by atoms with E-state index >= 15 is 0 Å². The fourth-order valence-electron chi connectivity index (χ4n) is 3.18. The van der Waals surface area contributed by atoms with Gasteiger partial charge in [0.05, 0.1) is 5.75 Å². The highest BCUT2D eigenvalue weighted by Gasteiger charge is 2.24. The van der Waals surface area contributed by atoms with E-state index in [9.17, 15) is 4.79 Å². The van der Waals surface area contributed by atoms with Crippen molar-refractivity contribution in [2.24, 2.45) is 0 Å². The Hall–Kier alpha value is -1.79. The number of aromatic nitrogens is 3. The van der Waals surface area contributed by atoms with Crippen LogP contribution in [0.4, 0.5) is 0 Å². The van der Waals surface area contributed by atoms with Gasteiger partial charge in [0.2, 0.25) is 5.91 Å². The van der Waals surface area contributed by atoms with Crippen molar-refractivity contribution in [2.75, 3.05) is 12.3 Å². The molecule has 2 aromatic rings. The van der Waals surface area contributed by atoms with Crippen LogP contribution >= 0.6 is 23.4 Å². The van der Waals surface area contributed by atoms with Crippen LogP contribution in [0.3, 0.4) is 0 Å². The highest BCUT2D eigenvalue weighted by molar-refractivity contribution is 7.99. The van der Waals surface area contributed by atoms with Crippen molar-refractivity contribution >= 4 is 29.3 Å². The fourth-order valence-corrected chi connectivity index (χ4v) is 4.14. The van der Waals surface area contributed by atoms with Crippen LogP contribution in [-0.4, -0.2) is 43.9 Å². The van der Waals surface area contributed by atoms with Crippen molar-refractivity contribution in [2.45, 2.75) is 43.9 Å². The van der Waals surface area contributed by atoms with Gasteiger partial charge >= 0.3 is 0 Å². The van der Waals surface area contributed by atoms with E-state index in [1.165, 1.54) is 18.2 Å². The minimum atomic E-state index is 0.170. The van der Waals surface area contributed by atoms with Gasteiger partial charge in [0.1, 0.15) is 0 Å². The third-order valence-corrected chi connectivity index (χ3v) is 5.78. The molecule has 1 amide bonds. The van der Waals surface area contributed by atoms with Crippen molar-refractivity contribution in [3.05, 3.63) is 41.9 Å².